The van der Waals surface area contributed by atoms with Crippen molar-refractivity contribution in [3.63, 3.8) is 0 Å². The zero-order valence-corrected chi connectivity index (χ0v) is 6.87. The van der Waals surface area contributed by atoms with Crippen LogP contribution in [0.15, 0.2) is 0 Å². The molecule has 5 heteroatoms. The summed E-state index contributed by atoms with van der Waals surface area (Å²) in [6, 6.07) is 0. The number of alkyl halides is 1. The first-order chi connectivity index (χ1) is 5.37. The minimum absolute atomic E-state index is 0.162. The third kappa shape index (κ3) is 1.54. The number of carboxylic acids is 2. The summed E-state index contributed by atoms with van der Waals surface area (Å²) < 4.78 is 13.2. The second kappa shape index (κ2) is 3.51. The molecule has 0 aliphatic carbocycles. The molecule has 1 unspecified atom stereocenters. The number of carbonyl (C=O) groups is 2. The molecular weight excluding hydrogens is 167 g/mol. The Bertz CT molecular complexity index is 188. The highest BCUT2D eigenvalue weighted by Gasteiger charge is 2.51. The van der Waals surface area contributed by atoms with Gasteiger partial charge in [0.25, 0.3) is 0 Å². The van der Waals surface area contributed by atoms with Gasteiger partial charge >= 0.3 is 17.6 Å². The lowest BCUT2D eigenvalue weighted by atomic mass is 9.89. The van der Waals surface area contributed by atoms with Crippen LogP contribution in [0, 0.1) is 5.92 Å². The van der Waals surface area contributed by atoms with E-state index < -0.39 is 23.5 Å². The van der Waals surface area contributed by atoms with Gasteiger partial charge in [-0.3, -0.25) is 0 Å². The highest BCUT2D eigenvalue weighted by Crippen LogP contribution is 2.25. The summed E-state index contributed by atoms with van der Waals surface area (Å²) in [5.41, 5.74) is -3.16. The number of rotatable bonds is 4. The molecule has 4 nitrogen and oxygen atoms in total. The van der Waals surface area contributed by atoms with Gasteiger partial charge in [0.2, 0.25) is 0 Å². The van der Waals surface area contributed by atoms with Crippen molar-refractivity contribution in [2.45, 2.75) is 25.9 Å². The number of carboxylic acid groups (broad SMARTS) is 2. The highest BCUT2D eigenvalue weighted by atomic mass is 19.1. The molecule has 0 saturated carbocycles. The van der Waals surface area contributed by atoms with Crippen molar-refractivity contribution in [1.29, 1.82) is 0 Å². The van der Waals surface area contributed by atoms with Crippen LogP contribution in [0.1, 0.15) is 20.3 Å². The fourth-order valence-electron chi connectivity index (χ4n) is 0.794. The standard InChI is InChI=1S/C7H11FO4/c1-3-4(2)7(8,5(9)10)6(11)12/h4H,3H2,1-2H3,(H,9,10)(H,11,12). The first-order valence-electron chi connectivity index (χ1n) is 3.53. The Morgan fingerprint density at radius 2 is 1.75 bits per heavy atom. The SMILES string of the molecule is CCC(C)C(F)(C(=O)O)C(=O)O. The molecule has 0 aromatic heterocycles. The average Bonchev–Trinajstić information content (AvgIpc) is 2.00. The summed E-state index contributed by atoms with van der Waals surface area (Å²) in [6.07, 6.45) is 0.162. The minimum atomic E-state index is -3.16. The molecule has 0 heterocycles. The Morgan fingerprint density at radius 3 is 1.83 bits per heavy atom. The smallest absolute Gasteiger partial charge is 0.353 e. The summed E-state index contributed by atoms with van der Waals surface area (Å²) in [5.74, 6) is -4.92. The van der Waals surface area contributed by atoms with Crippen LogP contribution in [0.5, 0.6) is 0 Å². The predicted octanol–water partition coefficient (Wildman–Crippen LogP) is 0.910. The molecule has 0 spiro atoms. The fourth-order valence-corrected chi connectivity index (χ4v) is 0.794. The molecule has 1 atom stereocenters. The van der Waals surface area contributed by atoms with E-state index in [4.69, 9.17) is 10.2 Å². The van der Waals surface area contributed by atoms with E-state index in [1.807, 2.05) is 0 Å². The Morgan fingerprint density at radius 1 is 1.42 bits per heavy atom. The summed E-state index contributed by atoms with van der Waals surface area (Å²) in [6.45, 7) is 2.78. The molecule has 0 radical (unpaired) electrons. The lowest BCUT2D eigenvalue weighted by Gasteiger charge is -2.21. The Labute approximate surface area is 69.0 Å². The fraction of sp³-hybridized carbons (Fsp3) is 0.714. The van der Waals surface area contributed by atoms with E-state index in [0.717, 1.165) is 0 Å². The molecular formula is C7H11FO4. The normalized spacial score (nSPS) is 13.9. The van der Waals surface area contributed by atoms with Crippen LogP contribution in [0.2, 0.25) is 0 Å². The largest absolute Gasteiger partial charge is 0.478 e. The van der Waals surface area contributed by atoms with Gasteiger partial charge < -0.3 is 10.2 Å². The molecule has 12 heavy (non-hydrogen) atoms. The molecule has 0 aromatic rings. The molecule has 2 N–H and O–H groups in total. The molecule has 0 aliphatic rings. The molecule has 0 aliphatic heterocycles. The van der Waals surface area contributed by atoms with Crippen molar-refractivity contribution in [2.75, 3.05) is 0 Å². The van der Waals surface area contributed by atoms with E-state index >= 15 is 0 Å². The van der Waals surface area contributed by atoms with Gasteiger partial charge in [-0.15, -0.1) is 0 Å². The predicted molar refractivity (Wildman–Crippen MR) is 38.6 cm³/mol. The Hall–Kier alpha value is -1.13. The van der Waals surface area contributed by atoms with Crippen molar-refractivity contribution in [3.8, 4) is 0 Å². The summed E-state index contributed by atoms with van der Waals surface area (Å²) in [7, 11) is 0. The van der Waals surface area contributed by atoms with Crippen LogP contribution in [0.25, 0.3) is 0 Å². The minimum Gasteiger partial charge on any atom is -0.478 e. The van der Waals surface area contributed by atoms with E-state index in [2.05, 4.69) is 0 Å². The van der Waals surface area contributed by atoms with Gasteiger partial charge in [-0.1, -0.05) is 13.8 Å². The van der Waals surface area contributed by atoms with Gasteiger partial charge in [-0.2, -0.15) is 0 Å². The van der Waals surface area contributed by atoms with Gasteiger partial charge in [0.05, 0.1) is 0 Å². The number of hydrogen-bond donors (Lipinski definition) is 2. The van der Waals surface area contributed by atoms with E-state index in [0.29, 0.717) is 0 Å². The maximum absolute atomic E-state index is 13.2. The van der Waals surface area contributed by atoms with Crippen LogP contribution < -0.4 is 0 Å². The van der Waals surface area contributed by atoms with Crippen molar-refractivity contribution >= 4 is 11.9 Å². The molecule has 0 bridgehead atoms. The molecule has 0 rings (SSSR count). The van der Waals surface area contributed by atoms with Gasteiger partial charge in [0, 0.05) is 5.92 Å². The first kappa shape index (κ1) is 10.9. The first-order valence-corrected chi connectivity index (χ1v) is 3.53. The number of hydrogen-bond acceptors (Lipinski definition) is 2. The van der Waals surface area contributed by atoms with Gasteiger partial charge in [-0.25, -0.2) is 14.0 Å². The number of aliphatic carboxylic acids is 2. The van der Waals surface area contributed by atoms with E-state index in [9.17, 15) is 14.0 Å². The monoisotopic (exact) mass is 178 g/mol. The molecule has 0 fully saturated rings. The summed E-state index contributed by atoms with van der Waals surface area (Å²) in [5, 5.41) is 16.7. The lowest BCUT2D eigenvalue weighted by molar-refractivity contribution is -0.171. The second-order valence-corrected chi connectivity index (χ2v) is 2.63. The van der Waals surface area contributed by atoms with Crippen LogP contribution in [-0.4, -0.2) is 27.8 Å². The lowest BCUT2D eigenvalue weighted by Crippen LogP contribution is -2.47. The topological polar surface area (TPSA) is 74.6 Å². The zero-order valence-electron chi connectivity index (χ0n) is 6.87. The van der Waals surface area contributed by atoms with Crippen LogP contribution >= 0.6 is 0 Å². The molecule has 70 valence electrons. The molecule has 0 amide bonds. The van der Waals surface area contributed by atoms with Crippen molar-refractivity contribution in [3.05, 3.63) is 0 Å². The van der Waals surface area contributed by atoms with Crippen molar-refractivity contribution in [2.24, 2.45) is 5.92 Å². The number of halogens is 1. The molecule has 0 aromatic carbocycles. The third-order valence-electron chi connectivity index (χ3n) is 1.91. The van der Waals surface area contributed by atoms with Gasteiger partial charge in [-0.05, 0) is 6.42 Å². The van der Waals surface area contributed by atoms with E-state index in [1.54, 1.807) is 0 Å². The van der Waals surface area contributed by atoms with Crippen molar-refractivity contribution < 1.29 is 24.2 Å². The highest BCUT2D eigenvalue weighted by molar-refractivity contribution is 6.02. The maximum Gasteiger partial charge on any atom is 0.353 e. The van der Waals surface area contributed by atoms with Crippen LogP contribution in [-0.2, 0) is 9.59 Å². The Kier molecular flexibility index (Phi) is 3.18. The van der Waals surface area contributed by atoms with Crippen molar-refractivity contribution in [1.82, 2.24) is 0 Å². The average molecular weight is 178 g/mol. The summed E-state index contributed by atoms with van der Waals surface area (Å²) >= 11 is 0. The quantitative estimate of drug-likeness (QED) is 0.627. The Balaban J connectivity index is 4.87. The zero-order chi connectivity index (χ0) is 9.94. The van der Waals surface area contributed by atoms with E-state index in [1.165, 1.54) is 13.8 Å². The van der Waals surface area contributed by atoms with Gasteiger partial charge in [0.15, 0.2) is 0 Å². The van der Waals surface area contributed by atoms with Crippen LogP contribution in [0.3, 0.4) is 0 Å². The second-order valence-electron chi connectivity index (χ2n) is 2.63. The summed E-state index contributed by atoms with van der Waals surface area (Å²) in [4.78, 5) is 20.6. The van der Waals surface area contributed by atoms with E-state index in [-0.39, 0.29) is 6.42 Å². The van der Waals surface area contributed by atoms with Crippen LogP contribution in [0.4, 0.5) is 4.39 Å². The third-order valence-corrected chi connectivity index (χ3v) is 1.91. The van der Waals surface area contributed by atoms with Gasteiger partial charge in [0.1, 0.15) is 0 Å². The maximum atomic E-state index is 13.2. The molecule has 0 saturated heterocycles.